The number of hydrogen-bond donors (Lipinski definition) is 1. The van der Waals surface area contributed by atoms with E-state index >= 15 is 0 Å². The van der Waals surface area contributed by atoms with Crippen LogP contribution in [0, 0.1) is 6.92 Å². The van der Waals surface area contributed by atoms with Crippen molar-refractivity contribution in [3.63, 3.8) is 0 Å². The zero-order valence-corrected chi connectivity index (χ0v) is 15.1. The van der Waals surface area contributed by atoms with Gasteiger partial charge in [0.2, 0.25) is 0 Å². The first-order chi connectivity index (χ1) is 12.6. The normalized spacial score (nSPS) is 13.6. The van der Waals surface area contributed by atoms with Crippen LogP contribution in [-0.2, 0) is 20.0 Å². The summed E-state index contributed by atoms with van der Waals surface area (Å²) in [5.74, 6) is 0.740. The second-order valence-electron chi connectivity index (χ2n) is 6.53. The highest BCUT2D eigenvalue weighted by atomic mass is 16.5. The smallest absolute Gasteiger partial charge is 0.274 e. The average Bonchev–Trinajstić information content (AvgIpc) is 3.24. The number of benzene rings is 1. The van der Waals surface area contributed by atoms with Crippen LogP contribution < -0.4 is 4.74 Å². The average molecular weight is 351 g/mol. The minimum absolute atomic E-state index is 0.0443. The van der Waals surface area contributed by atoms with Crippen LogP contribution in [0.3, 0.4) is 0 Å². The topological polar surface area (TPSA) is 76.0 Å². The third-order valence-electron chi connectivity index (χ3n) is 4.90. The Labute approximate surface area is 151 Å². The molecule has 7 heteroatoms. The summed E-state index contributed by atoms with van der Waals surface area (Å²) in [5.41, 5.74) is 5.44. The maximum Gasteiger partial charge on any atom is 0.274 e. The van der Waals surface area contributed by atoms with Crippen LogP contribution in [0.25, 0.3) is 11.3 Å². The molecule has 0 atom stereocenters. The van der Waals surface area contributed by atoms with Crippen molar-refractivity contribution < 1.29 is 9.53 Å². The van der Waals surface area contributed by atoms with Gasteiger partial charge in [-0.25, -0.2) is 0 Å². The number of carbonyl (C=O) groups excluding carboxylic acids is 1. The Morgan fingerprint density at radius 2 is 2.15 bits per heavy atom. The van der Waals surface area contributed by atoms with Gasteiger partial charge in [-0.1, -0.05) is 12.1 Å². The molecule has 0 radical (unpaired) electrons. The maximum absolute atomic E-state index is 12.8. The molecule has 0 unspecified atom stereocenters. The van der Waals surface area contributed by atoms with E-state index in [2.05, 4.69) is 15.3 Å². The third-order valence-corrected chi connectivity index (χ3v) is 4.90. The Bertz CT molecular complexity index is 953. The molecule has 0 fully saturated rings. The lowest BCUT2D eigenvalue weighted by Crippen LogP contribution is -2.36. The summed E-state index contributed by atoms with van der Waals surface area (Å²) < 4.78 is 7.04. The number of H-pyrrole nitrogens is 1. The predicted molar refractivity (Wildman–Crippen MR) is 97.0 cm³/mol. The maximum atomic E-state index is 12.8. The van der Waals surface area contributed by atoms with E-state index in [1.807, 2.05) is 49.2 Å². The molecule has 0 spiro atoms. The summed E-state index contributed by atoms with van der Waals surface area (Å²) in [5, 5.41) is 11.9. The number of nitrogens with one attached hydrogen (secondary N) is 1. The number of nitrogens with zero attached hydrogens (tertiary/aromatic N) is 4. The highest BCUT2D eigenvalue weighted by molar-refractivity contribution is 5.92. The number of rotatable bonds is 3. The van der Waals surface area contributed by atoms with Gasteiger partial charge in [0.1, 0.15) is 5.75 Å². The Morgan fingerprint density at radius 1 is 1.31 bits per heavy atom. The molecule has 0 saturated heterocycles. The summed E-state index contributed by atoms with van der Waals surface area (Å²) in [7, 11) is 3.49. The highest BCUT2D eigenvalue weighted by Crippen LogP contribution is 2.30. The molecule has 1 N–H and O–H groups in total. The van der Waals surface area contributed by atoms with Gasteiger partial charge in [0, 0.05) is 42.5 Å². The fourth-order valence-electron chi connectivity index (χ4n) is 3.30. The number of hydrogen-bond acceptors (Lipinski definition) is 4. The molecule has 0 saturated carbocycles. The zero-order valence-electron chi connectivity index (χ0n) is 15.1. The van der Waals surface area contributed by atoms with Gasteiger partial charge >= 0.3 is 0 Å². The van der Waals surface area contributed by atoms with Crippen LogP contribution in [-0.4, -0.2) is 44.4 Å². The molecule has 4 rings (SSSR count). The summed E-state index contributed by atoms with van der Waals surface area (Å²) in [6.07, 6.45) is 0.754. The number of aryl methyl sites for hydroxylation is 2. The summed E-state index contributed by atoms with van der Waals surface area (Å²) in [4.78, 5) is 14.7. The first-order valence-electron chi connectivity index (χ1n) is 8.57. The highest BCUT2D eigenvalue weighted by Gasteiger charge is 2.27. The Hall–Kier alpha value is -3.09. The SMILES string of the molecule is COc1cccc(-c2n[nH]c3c2CN(C(=O)c2cc(C)n(C)n2)CC3)c1. The molecule has 3 aromatic rings. The number of carbonyl (C=O) groups is 1. The van der Waals surface area contributed by atoms with Gasteiger partial charge in [-0.15, -0.1) is 0 Å². The first kappa shape index (κ1) is 16.4. The van der Waals surface area contributed by atoms with Gasteiger partial charge in [-0.3, -0.25) is 14.6 Å². The number of amides is 1. The van der Waals surface area contributed by atoms with Crippen LogP contribution in [0.1, 0.15) is 27.4 Å². The first-order valence-corrected chi connectivity index (χ1v) is 8.57. The van der Waals surface area contributed by atoms with E-state index in [0.717, 1.165) is 40.4 Å². The van der Waals surface area contributed by atoms with Gasteiger partial charge in [0.15, 0.2) is 5.69 Å². The third kappa shape index (κ3) is 2.75. The predicted octanol–water partition coefficient (Wildman–Crippen LogP) is 2.33. The van der Waals surface area contributed by atoms with Crippen LogP contribution in [0.2, 0.25) is 0 Å². The lowest BCUT2D eigenvalue weighted by molar-refractivity contribution is 0.0728. The Kier molecular flexibility index (Phi) is 3.99. The largest absolute Gasteiger partial charge is 0.497 e. The van der Waals surface area contributed by atoms with Crippen molar-refractivity contribution in [1.82, 2.24) is 24.9 Å². The molecular formula is C19H21N5O2. The minimum Gasteiger partial charge on any atom is -0.497 e. The zero-order chi connectivity index (χ0) is 18.3. The van der Waals surface area contributed by atoms with Gasteiger partial charge in [0.05, 0.1) is 19.3 Å². The van der Waals surface area contributed by atoms with Crippen LogP contribution in [0.15, 0.2) is 30.3 Å². The van der Waals surface area contributed by atoms with Crippen molar-refractivity contribution in [1.29, 1.82) is 0 Å². The summed E-state index contributed by atoms with van der Waals surface area (Å²) in [6.45, 7) is 3.11. The van der Waals surface area contributed by atoms with Crippen LogP contribution in [0.4, 0.5) is 0 Å². The number of ether oxygens (including phenoxy) is 1. The number of aromatic amines is 1. The van der Waals surface area contributed by atoms with Crippen molar-refractivity contribution in [3.05, 3.63) is 53.0 Å². The van der Waals surface area contributed by atoms with Crippen molar-refractivity contribution in [2.24, 2.45) is 7.05 Å². The molecule has 1 amide bonds. The lowest BCUT2D eigenvalue weighted by Gasteiger charge is -2.26. The van der Waals surface area contributed by atoms with E-state index in [0.29, 0.717) is 18.8 Å². The summed E-state index contributed by atoms with van der Waals surface area (Å²) in [6, 6.07) is 9.64. The van der Waals surface area contributed by atoms with Crippen molar-refractivity contribution in [2.75, 3.05) is 13.7 Å². The second kappa shape index (κ2) is 6.33. The quantitative estimate of drug-likeness (QED) is 0.786. The number of fused-ring (bicyclic) bond motifs is 1. The molecular weight excluding hydrogens is 330 g/mol. The molecule has 2 aromatic heterocycles. The van der Waals surface area contributed by atoms with Crippen molar-refractivity contribution >= 4 is 5.91 Å². The molecule has 0 bridgehead atoms. The summed E-state index contributed by atoms with van der Waals surface area (Å²) >= 11 is 0. The molecule has 1 aromatic carbocycles. The van der Waals surface area contributed by atoms with Crippen molar-refractivity contribution in [3.8, 4) is 17.0 Å². The van der Waals surface area contributed by atoms with Gasteiger partial charge in [0.25, 0.3) is 5.91 Å². The minimum atomic E-state index is -0.0443. The van der Waals surface area contributed by atoms with E-state index in [1.165, 1.54) is 0 Å². The van der Waals surface area contributed by atoms with E-state index in [-0.39, 0.29) is 5.91 Å². The second-order valence-corrected chi connectivity index (χ2v) is 6.53. The van der Waals surface area contributed by atoms with Crippen molar-refractivity contribution in [2.45, 2.75) is 19.9 Å². The Balaban J connectivity index is 1.64. The molecule has 1 aliphatic heterocycles. The van der Waals surface area contributed by atoms with Gasteiger partial charge in [-0.2, -0.15) is 10.2 Å². The van der Waals surface area contributed by atoms with E-state index < -0.39 is 0 Å². The molecule has 3 heterocycles. The van der Waals surface area contributed by atoms with Gasteiger partial charge in [-0.05, 0) is 25.1 Å². The van der Waals surface area contributed by atoms with E-state index in [4.69, 9.17) is 4.74 Å². The Morgan fingerprint density at radius 3 is 2.88 bits per heavy atom. The van der Waals surface area contributed by atoms with E-state index in [1.54, 1.807) is 11.8 Å². The monoisotopic (exact) mass is 351 g/mol. The van der Waals surface area contributed by atoms with E-state index in [9.17, 15) is 4.79 Å². The molecule has 1 aliphatic rings. The lowest BCUT2D eigenvalue weighted by atomic mass is 10.0. The number of methoxy groups -OCH3 is 1. The van der Waals surface area contributed by atoms with Gasteiger partial charge < -0.3 is 9.64 Å². The molecule has 26 heavy (non-hydrogen) atoms. The fourth-order valence-corrected chi connectivity index (χ4v) is 3.30. The van der Waals surface area contributed by atoms with Crippen LogP contribution in [0.5, 0.6) is 5.75 Å². The fraction of sp³-hybridized carbons (Fsp3) is 0.316. The molecule has 134 valence electrons. The number of aromatic nitrogens is 4. The van der Waals surface area contributed by atoms with Crippen LogP contribution >= 0.6 is 0 Å². The molecule has 7 nitrogen and oxygen atoms in total. The standard InChI is InChI=1S/C19H21N5O2/c1-12-9-17(22-23(12)2)19(25)24-8-7-16-15(11-24)18(21-20-16)13-5-4-6-14(10-13)26-3/h4-6,9-10H,7-8,11H2,1-3H3,(H,20,21). The molecule has 0 aliphatic carbocycles.